The molecule has 1 atom stereocenters. The first-order valence-corrected chi connectivity index (χ1v) is 6.20. The molecular formula is C13H27N3. The van der Waals surface area contributed by atoms with Gasteiger partial charge >= 0.3 is 0 Å². The summed E-state index contributed by atoms with van der Waals surface area (Å²) >= 11 is 0. The van der Waals surface area contributed by atoms with Gasteiger partial charge in [-0.15, -0.1) is 0 Å². The molecule has 1 unspecified atom stereocenters. The van der Waals surface area contributed by atoms with E-state index in [1.165, 1.54) is 0 Å². The first kappa shape index (κ1) is 15.4. The van der Waals surface area contributed by atoms with Crippen LogP contribution >= 0.6 is 0 Å². The Bertz CT molecular complexity index is 212. The number of nitrogens with zero attached hydrogens (tertiary/aromatic N) is 2. The van der Waals surface area contributed by atoms with Gasteiger partial charge in [-0.05, 0) is 31.8 Å². The lowest BCUT2D eigenvalue weighted by atomic mass is 9.96. The van der Waals surface area contributed by atoms with E-state index < -0.39 is 0 Å². The fourth-order valence-electron chi connectivity index (χ4n) is 1.77. The fraction of sp³-hybridized carbons (Fsp3) is 0.923. The highest BCUT2D eigenvalue weighted by Gasteiger charge is 2.14. The maximum Gasteiger partial charge on any atom is 0.0965 e. The van der Waals surface area contributed by atoms with Crippen molar-refractivity contribution in [1.82, 2.24) is 10.2 Å². The van der Waals surface area contributed by atoms with Gasteiger partial charge in [0.25, 0.3) is 0 Å². The lowest BCUT2D eigenvalue weighted by molar-refractivity contribution is 0.221. The van der Waals surface area contributed by atoms with E-state index in [2.05, 4.69) is 51.0 Å². The summed E-state index contributed by atoms with van der Waals surface area (Å²) in [6, 6.07) is 2.32. The molecule has 94 valence electrons. The third-order valence-corrected chi connectivity index (χ3v) is 2.34. The average molecular weight is 225 g/mol. The fourth-order valence-corrected chi connectivity index (χ4v) is 1.77. The predicted molar refractivity (Wildman–Crippen MR) is 69.3 cm³/mol. The molecule has 0 aliphatic carbocycles. The van der Waals surface area contributed by atoms with Crippen LogP contribution in [0.2, 0.25) is 0 Å². The van der Waals surface area contributed by atoms with Gasteiger partial charge in [0.2, 0.25) is 0 Å². The van der Waals surface area contributed by atoms with Crippen molar-refractivity contribution in [2.75, 3.05) is 26.7 Å². The van der Waals surface area contributed by atoms with Gasteiger partial charge in [-0.25, -0.2) is 0 Å². The Balaban J connectivity index is 3.80. The van der Waals surface area contributed by atoms with E-state index in [0.717, 1.165) is 32.5 Å². The van der Waals surface area contributed by atoms with Crippen LogP contribution in [-0.4, -0.2) is 37.6 Å². The molecule has 0 heterocycles. The molecule has 0 aliphatic heterocycles. The molecule has 0 aromatic rings. The summed E-state index contributed by atoms with van der Waals surface area (Å²) in [5, 5.41) is 12.2. The molecule has 16 heavy (non-hydrogen) atoms. The van der Waals surface area contributed by atoms with Crippen LogP contribution in [0.3, 0.4) is 0 Å². The van der Waals surface area contributed by atoms with Crippen molar-refractivity contribution < 1.29 is 0 Å². The summed E-state index contributed by atoms with van der Waals surface area (Å²) in [6.07, 6.45) is 1.99. The standard InChI is InChI=1S/C13H27N3/c1-6-8-15-12(10-14)7-9-16(5)11-13(2,3)4/h12,15H,6-9,11H2,1-5H3. The molecule has 0 fully saturated rings. The van der Waals surface area contributed by atoms with E-state index in [1.54, 1.807) is 0 Å². The molecule has 0 aromatic carbocycles. The molecule has 0 saturated heterocycles. The van der Waals surface area contributed by atoms with Crippen molar-refractivity contribution in [2.45, 2.75) is 46.6 Å². The Morgan fingerprint density at radius 1 is 1.38 bits per heavy atom. The number of nitriles is 1. The molecule has 1 N–H and O–H groups in total. The van der Waals surface area contributed by atoms with E-state index in [1.807, 2.05) is 0 Å². The van der Waals surface area contributed by atoms with Gasteiger partial charge in [-0.3, -0.25) is 0 Å². The van der Waals surface area contributed by atoms with Crippen molar-refractivity contribution in [2.24, 2.45) is 5.41 Å². The van der Waals surface area contributed by atoms with Gasteiger partial charge in [-0.1, -0.05) is 27.7 Å². The van der Waals surface area contributed by atoms with Gasteiger partial charge in [0.1, 0.15) is 0 Å². The van der Waals surface area contributed by atoms with Crippen LogP contribution in [-0.2, 0) is 0 Å². The van der Waals surface area contributed by atoms with Crippen LogP contribution in [0.5, 0.6) is 0 Å². The van der Waals surface area contributed by atoms with E-state index in [0.29, 0.717) is 5.41 Å². The lowest BCUT2D eigenvalue weighted by Gasteiger charge is -2.27. The summed E-state index contributed by atoms with van der Waals surface area (Å²) in [7, 11) is 2.12. The first-order chi connectivity index (χ1) is 7.39. The first-order valence-electron chi connectivity index (χ1n) is 6.20. The minimum absolute atomic E-state index is 0.00219. The number of hydrogen-bond donors (Lipinski definition) is 1. The van der Waals surface area contributed by atoms with Crippen molar-refractivity contribution in [3.63, 3.8) is 0 Å². The molecule has 3 nitrogen and oxygen atoms in total. The second-order valence-electron chi connectivity index (χ2n) is 5.72. The molecule has 3 heteroatoms. The van der Waals surface area contributed by atoms with Crippen molar-refractivity contribution in [3.05, 3.63) is 0 Å². The Kier molecular flexibility index (Phi) is 7.36. The largest absolute Gasteiger partial charge is 0.306 e. The minimum atomic E-state index is 0.00219. The molecule has 0 aliphatic rings. The quantitative estimate of drug-likeness (QED) is 0.722. The highest BCUT2D eigenvalue weighted by atomic mass is 15.1. The molecule has 0 aromatic heterocycles. The van der Waals surface area contributed by atoms with E-state index >= 15 is 0 Å². The normalized spacial score (nSPS) is 13.8. The van der Waals surface area contributed by atoms with Crippen LogP contribution in [0.4, 0.5) is 0 Å². The van der Waals surface area contributed by atoms with Crippen molar-refractivity contribution in [3.8, 4) is 6.07 Å². The van der Waals surface area contributed by atoms with Crippen LogP contribution in [0, 0.1) is 16.7 Å². The third kappa shape index (κ3) is 8.70. The Labute approximate surface area is 101 Å². The summed E-state index contributed by atoms with van der Waals surface area (Å²) in [5.74, 6) is 0. The van der Waals surface area contributed by atoms with E-state index in [4.69, 9.17) is 5.26 Å². The Morgan fingerprint density at radius 2 is 2.00 bits per heavy atom. The van der Waals surface area contributed by atoms with E-state index in [-0.39, 0.29) is 6.04 Å². The monoisotopic (exact) mass is 225 g/mol. The van der Waals surface area contributed by atoms with Gasteiger partial charge in [0.15, 0.2) is 0 Å². The van der Waals surface area contributed by atoms with Crippen LogP contribution in [0.25, 0.3) is 0 Å². The maximum atomic E-state index is 8.97. The van der Waals surface area contributed by atoms with E-state index in [9.17, 15) is 0 Å². The van der Waals surface area contributed by atoms with Gasteiger partial charge in [0, 0.05) is 13.1 Å². The molecule has 0 saturated carbocycles. The average Bonchev–Trinajstić information content (AvgIpc) is 2.15. The van der Waals surface area contributed by atoms with Gasteiger partial charge in [-0.2, -0.15) is 5.26 Å². The molecule has 0 radical (unpaired) electrons. The SMILES string of the molecule is CCCNC(C#N)CCN(C)CC(C)(C)C. The molecule has 0 bridgehead atoms. The summed E-state index contributed by atoms with van der Waals surface area (Å²) in [6.45, 7) is 11.8. The second-order valence-corrected chi connectivity index (χ2v) is 5.72. The summed E-state index contributed by atoms with van der Waals surface area (Å²) in [5.41, 5.74) is 0.327. The maximum absolute atomic E-state index is 8.97. The zero-order chi connectivity index (χ0) is 12.6. The zero-order valence-electron chi connectivity index (χ0n) is 11.5. The Hall–Kier alpha value is -0.590. The lowest BCUT2D eigenvalue weighted by Crippen LogP contribution is -2.35. The van der Waals surface area contributed by atoms with Crippen LogP contribution < -0.4 is 5.32 Å². The van der Waals surface area contributed by atoms with Crippen molar-refractivity contribution >= 4 is 0 Å². The highest BCUT2D eigenvalue weighted by molar-refractivity contribution is 4.90. The molecule has 0 amide bonds. The smallest absolute Gasteiger partial charge is 0.0965 e. The molecule has 0 spiro atoms. The predicted octanol–water partition coefficient (Wildman–Crippen LogP) is 2.25. The second kappa shape index (κ2) is 7.65. The summed E-state index contributed by atoms with van der Waals surface area (Å²) < 4.78 is 0. The van der Waals surface area contributed by atoms with Crippen LogP contribution in [0.15, 0.2) is 0 Å². The van der Waals surface area contributed by atoms with Crippen LogP contribution in [0.1, 0.15) is 40.5 Å². The Morgan fingerprint density at radius 3 is 2.44 bits per heavy atom. The minimum Gasteiger partial charge on any atom is -0.306 e. The molecular weight excluding hydrogens is 198 g/mol. The van der Waals surface area contributed by atoms with Gasteiger partial charge < -0.3 is 10.2 Å². The summed E-state index contributed by atoms with van der Waals surface area (Å²) in [4.78, 5) is 2.30. The third-order valence-electron chi connectivity index (χ3n) is 2.34. The number of rotatable bonds is 7. The highest BCUT2D eigenvalue weighted by Crippen LogP contribution is 2.14. The topological polar surface area (TPSA) is 39.1 Å². The van der Waals surface area contributed by atoms with Gasteiger partial charge in [0.05, 0.1) is 12.1 Å². The molecule has 0 rings (SSSR count). The number of hydrogen-bond acceptors (Lipinski definition) is 3. The zero-order valence-corrected chi connectivity index (χ0v) is 11.5. The number of nitrogens with one attached hydrogen (secondary N) is 1. The van der Waals surface area contributed by atoms with Crippen molar-refractivity contribution in [1.29, 1.82) is 5.26 Å².